The van der Waals surface area contributed by atoms with Crippen LogP contribution in [0.3, 0.4) is 0 Å². The van der Waals surface area contributed by atoms with E-state index < -0.39 is 0 Å². The molecule has 0 aromatic carbocycles. The van der Waals surface area contributed by atoms with Gasteiger partial charge in [0, 0.05) is 17.9 Å². The minimum Gasteiger partial charge on any atom is -0.317 e. The van der Waals surface area contributed by atoms with Crippen LogP contribution in [0.15, 0.2) is 24.4 Å². The maximum atomic E-state index is 4.43. The van der Waals surface area contributed by atoms with Crippen LogP contribution in [0.2, 0.25) is 0 Å². The Morgan fingerprint density at radius 2 is 2.26 bits per heavy atom. The highest BCUT2D eigenvalue weighted by Crippen LogP contribution is 2.33. The first kappa shape index (κ1) is 14.5. The Hall–Kier alpha value is -0.890. The van der Waals surface area contributed by atoms with Crippen molar-refractivity contribution in [2.45, 2.75) is 57.9 Å². The van der Waals surface area contributed by atoms with Crippen molar-refractivity contribution in [2.75, 3.05) is 7.05 Å². The minimum atomic E-state index is 0.663. The van der Waals surface area contributed by atoms with Crippen molar-refractivity contribution in [1.29, 1.82) is 0 Å². The first-order valence-corrected chi connectivity index (χ1v) is 7.90. The number of aromatic nitrogens is 1. The monoisotopic (exact) mass is 260 g/mol. The summed E-state index contributed by atoms with van der Waals surface area (Å²) in [5.41, 5.74) is 1.23. The molecule has 1 heterocycles. The molecule has 1 aromatic rings. The summed E-state index contributed by atoms with van der Waals surface area (Å²) in [5.74, 6) is 1.83. The van der Waals surface area contributed by atoms with E-state index in [0.29, 0.717) is 6.04 Å². The molecule has 0 radical (unpaired) electrons. The zero-order valence-corrected chi connectivity index (χ0v) is 12.4. The molecule has 0 spiro atoms. The predicted molar refractivity (Wildman–Crippen MR) is 81.1 cm³/mol. The average Bonchev–Trinajstić information content (AvgIpc) is 2.49. The molecular weight excluding hydrogens is 232 g/mol. The van der Waals surface area contributed by atoms with Crippen LogP contribution in [0.25, 0.3) is 0 Å². The van der Waals surface area contributed by atoms with E-state index >= 15 is 0 Å². The number of pyridine rings is 1. The van der Waals surface area contributed by atoms with Crippen molar-refractivity contribution in [3.05, 3.63) is 30.1 Å². The molecule has 2 nitrogen and oxygen atoms in total. The summed E-state index contributed by atoms with van der Waals surface area (Å²) < 4.78 is 0. The van der Waals surface area contributed by atoms with Gasteiger partial charge in [0.2, 0.25) is 0 Å². The van der Waals surface area contributed by atoms with E-state index in [-0.39, 0.29) is 0 Å². The Labute approximate surface area is 118 Å². The topological polar surface area (TPSA) is 24.9 Å². The molecule has 0 saturated heterocycles. The lowest BCUT2D eigenvalue weighted by Crippen LogP contribution is -2.36. The van der Waals surface area contributed by atoms with Crippen LogP contribution in [0.5, 0.6) is 0 Å². The van der Waals surface area contributed by atoms with Gasteiger partial charge in [-0.3, -0.25) is 4.98 Å². The van der Waals surface area contributed by atoms with E-state index in [0.717, 1.165) is 18.3 Å². The third kappa shape index (κ3) is 4.31. The Balaban J connectivity index is 1.85. The third-order valence-electron chi connectivity index (χ3n) is 4.78. The van der Waals surface area contributed by atoms with Crippen molar-refractivity contribution in [1.82, 2.24) is 10.3 Å². The van der Waals surface area contributed by atoms with E-state index in [9.17, 15) is 0 Å². The van der Waals surface area contributed by atoms with Crippen molar-refractivity contribution in [2.24, 2.45) is 11.8 Å². The van der Waals surface area contributed by atoms with Crippen LogP contribution in [-0.2, 0) is 6.42 Å². The molecule has 0 amide bonds. The van der Waals surface area contributed by atoms with Gasteiger partial charge in [-0.05, 0) is 56.7 Å². The van der Waals surface area contributed by atoms with Crippen molar-refractivity contribution in [3.63, 3.8) is 0 Å². The van der Waals surface area contributed by atoms with Gasteiger partial charge in [-0.15, -0.1) is 0 Å². The molecule has 1 N–H and O–H groups in total. The summed E-state index contributed by atoms with van der Waals surface area (Å²) in [6.45, 7) is 2.34. The molecule has 106 valence electrons. The zero-order valence-electron chi connectivity index (χ0n) is 12.4. The molecule has 19 heavy (non-hydrogen) atoms. The molecule has 1 aromatic heterocycles. The van der Waals surface area contributed by atoms with E-state index in [1.165, 1.54) is 44.2 Å². The lowest BCUT2D eigenvalue weighted by Gasteiger charge is -2.34. The van der Waals surface area contributed by atoms with Crippen LogP contribution < -0.4 is 5.32 Å². The van der Waals surface area contributed by atoms with Gasteiger partial charge in [0.1, 0.15) is 0 Å². The number of hydrogen-bond acceptors (Lipinski definition) is 2. The van der Waals surface area contributed by atoms with E-state index in [1.54, 1.807) is 0 Å². The molecular formula is C17H28N2. The van der Waals surface area contributed by atoms with E-state index in [4.69, 9.17) is 0 Å². The first-order chi connectivity index (χ1) is 9.33. The van der Waals surface area contributed by atoms with Gasteiger partial charge in [-0.1, -0.05) is 32.3 Å². The standard InChI is InChI=1S/C17H28N2/c1-3-14-7-6-8-15(13-14)17(18-2)11-10-16-9-4-5-12-19-16/h4-5,9,12,14-15,17-18H,3,6-8,10-11,13H2,1-2H3. The number of hydrogen-bond donors (Lipinski definition) is 1. The van der Waals surface area contributed by atoms with E-state index in [2.05, 4.69) is 36.4 Å². The highest BCUT2D eigenvalue weighted by atomic mass is 14.9. The molecule has 1 fully saturated rings. The highest BCUT2D eigenvalue weighted by molar-refractivity contribution is 5.04. The van der Waals surface area contributed by atoms with Crippen LogP contribution in [0.1, 0.15) is 51.1 Å². The smallest absolute Gasteiger partial charge is 0.0404 e. The van der Waals surface area contributed by atoms with Crippen molar-refractivity contribution >= 4 is 0 Å². The number of rotatable bonds is 6. The molecule has 2 rings (SSSR count). The van der Waals surface area contributed by atoms with Gasteiger partial charge in [0.25, 0.3) is 0 Å². The second kappa shape index (κ2) is 7.64. The molecule has 3 unspecified atom stereocenters. The molecule has 1 aliphatic rings. The molecule has 0 bridgehead atoms. The third-order valence-corrected chi connectivity index (χ3v) is 4.78. The second-order valence-corrected chi connectivity index (χ2v) is 5.96. The Bertz CT molecular complexity index is 350. The lowest BCUT2D eigenvalue weighted by atomic mass is 9.76. The normalized spacial score (nSPS) is 25.2. The maximum Gasteiger partial charge on any atom is 0.0404 e. The fourth-order valence-corrected chi connectivity index (χ4v) is 3.53. The van der Waals surface area contributed by atoms with Gasteiger partial charge in [-0.25, -0.2) is 0 Å². The van der Waals surface area contributed by atoms with Gasteiger partial charge < -0.3 is 5.32 Å². The summed E-state index contributed by atoms with van der Waals surface area (Å²) in [6, 6.07) is 6.88. The van der Waals surface area contributed by atoms with Gasteiger partial charge >= 0.3 is 0 Å². The van der Waals surface area contributed by atoms with Crippen LogP contribution in [0.4, 0.5) is 0 Å². The molecule has 0 aliphatic heterocycles. The van der Waals surface area contributed by atoms with E-state index in [1.807, 2.05) is 12.3 Å². The molecule has 2 heteroatoms. The molecule has 1 saturated carbocycles. The SMILES string of the molecule is CCC1CCCC(C(CCc2ccccn2)NC)C1. The zero-order chi connectivity index (χ0) is 13.5. The number of nitrogens with one attached hydrogen (secondary N) is 1. The lowest BCUT2D eigenvalue weighted by molar-refractivity contribution is 0.207. The average molecular weight is 260 g/mol. The predicted octanol–water partition coefficient (Wildman–Crippen LogP) is 3.82. The second-order valence-electron chi connectivity index (χ2n) is 5.96. The summed E-state index contributed by atoms with van der Waals surface area (Å²) >= 11 is 0. The Morgan fingerprint density at radius 1 is 1.37 bits per heavy atom. The minimum absolute atomic E-state index is 0.663. The van der Waals surface area contributed by atoms with Crippen LogP contribution >= 0.6 is 0 Å². The fourth-order valence-electron chi connectivity index (χ4n) is 3.53. The summed E-state index contributed by atoms with van der Waals surface area (Å²) in [6.07, 6.45) is 11.3. The van der Waals surface area contributed by atoms with Gasteiger partial charge in [-0.2, -0.15) is 0 Å². The van der Waals surface area contributed by atoms with Crippen molar-refractivity contribution in [3.8, 4) is 0 Å². The quantitative estimate of drug-likeness (QED) is 0.841. The first-order valence-electron chi connectivity index (χ1n) is 7.90. The van der Waals surface area contributed by atoms with Crippen LogP contribution in [-0.4, -0.2) is 18.1 Å². The maximum absolute atomic E-state index is 4.43. The van der Waals surface area contributed by atoms with Crippen molar-refractivity contribution < 1.29 is 0 Å². The molecule has 3 atom stereocenters. The summed E-state index contributed by atoms with van der Waals surface area (Å²) in [5, 5.41) is 3.56. The van der Waals surface area contributed by atoms with Gasteiger partial charge in [0.05, 0.1) is 0 Å². The Morgan fingerprint density at radius 3 is 2.95 bits per heavy atom. The number of nitrogens with zero attached hydrogens (tertiary/aromatic N) is 1. The Kier molecular flexibility index (Phi) is 5.84. The fraction of sp³-hybridized carbons (Fsp3) is 0.706. The van der Waals surface area contributed by atoms with Crippen LogP contribution in [0, 0.1) is 11.8 Å². The summed E-state index contributed by atoms with van der Waals surface area (Å²) in [4.78, 5) is 4.43. The highest BCUT2D eigenvalue weighted by Gasteiger charge is 2.26. The van der Waals surface area contributed by atoms with Gasteiger partial charge in [0.15, 0.2) is 0 Å². The summed E-state index contributed by atoms with van der Waals surface area (Å²) in [7, 11) is 2.12. The molecule has 1 aliphatic carbocycles. The largest absolute Gasteiger partial charge is 0.317 e. The number of aryl methyl sites for hydroxylation is 1.